The lowest BCUT2D eigenvalue weighted by atomic mass is 10.00. The van der Waals surface area contributed by atoms with Crippen molar-refractivity contribution in [1.29, 1.82) is 0 Å². The van der Waals surface area contributed by atoms with Crippen LogP contribution in [0.2, 0.25) is 0 Å². The summed E-state index contributed by atoms with van der Waals surface area (Å²) in [6.07, 6.45) is 4.12. The molecule has 19 heavy (non-hydrogen) atoms. The number of piperidine rings is 1. The molecule has 0 radical (unpaired) electrons. The topological polar surface area (TPSA) is 40.5 Å². The molecule has 1 amide bonds. The van der Waals surface area contributed by atoms with Crippen LogP contribution in [0.15, 0.2) is 24.3 Å². The number of benzene rings is 1. The number of rotatable bonds is 2. The van der Waals surface area contributed by atoms with Crippen LogP contribution in [0.4, 0.5) is 0 Å². The number of nitrogens with zero attached hydrogens (tertiary/aromatic N) is 1. The number of hydrogen-bond acceptors (Lipinski definition) is 2. The first-order chi connectivity index (χ1) is 9.22. The van der Waals surface area contributed by atoms with E-state index in [0.29, 0.717) is 18.9 Å². The molecule has 0 spiro atoms. The van der Waals surface area contributed by atoms with Gasteiger partial charge in [0.15, 0.2) is 0 Å². The number of carbonyl (C=O) groups excluding carboxylic acids is 1. The van der Waals surface area contributed by atoms with Gasteiger partial charge in [0.25, 0.3) is 0 Å². The molecule has 2 aliphatic rings. The van der Waals surface area contributed by atoms with Crippen LogP contribution < -0.4 is 0 Å². The summed E-state index contributed by atoms with van der Waals surface area (Å²) in [4.78, 5) is 14.1. The molecular weight excluding hydrogens is 238 g/mol. The highest BCUT2D eigenvalue weighted by Crippen LogP contribution is 2.29. The Labute approximate surface area is 114 Å². The van der Waals surface area contributed by atoms with E-state index in [-0.39, 0.29) is 12.0 Å². The number of hydrogen-bond donors (Lipinski definition) is 1. The van der Waals surface area contributed by atoms with Gasteiger partial charge in [0, 0.05) is 19.5 Å². The maximum absolute atomic E-state index is 12.3. The van der Waals surface area contributed by atoms with E-state index in [1.165, 1.54) is 11.1 Å². The Morgan fingerprint density at radius 2 is 1.95 bits per heavy atom. The molecule has 0 saturated carbocycles. The predicted octanol–water partition coefficient (Wildman–Crippen LogP) is 1.77. The van der Waals surface area contributed by atoms with Gasteiger partial charge in [-0.1, -0.05) is 24.3 Å². The van der Waals surface area contributed by atoms with Crippen LogP contribution in [0.25, 0.3) is 0 Å². The van der Waals surface area contributed by atoms with E-state index < -0.39 is 0 Å². The summed E-state index contributed by atoms with van der Waals surface area (Å²) in [6, 6.07) is 8.49. The minimum Gasteiger partial charge on any atom is -0.391 e. The van der Waals surface area contributed by atoms with E-state index in [0.717, 1.165) is 32.2 Å². The molecule has 1 fully saturated rings. The maximum Gasteiger partial charge on any atom is 0.222 e. The minimum absolute atomic E-state index is 0.219. The number of likely N-dealkylation sites (tertiary alicyclic amines) is 1. The van der Waals surface area contributed by atoms with E-state index in [2.05, 4.69) is 24.3 Å². The average Bonchev–Trinajstić information content (AvgIpc) is 2.80. The van der Waals surface area contributed by atoms with Gasteiger partial charge in [-0.15, -0.1) is 0 Å². The second kappa shape index (κ2) is 5.33. The highest BCUT2D eigenvalue weighted by Gasteiger charge is 2.27. The lowest BCUT2D eigenvalue weighted by Crippen LogP contribution is -2.42. The number of amides is 1. The van der Waals surface area contributed by atoms with Crippen molar-refractivity contribution >= 4 is 5.91 Å². The van der Waals surface area contributed by atoms with E-state index in [4.69, 9.17) is 0 Å². The molecule has 1 aliphatic carbocycles. The van der Waals surface area contributed by atoms with Crippen molar-refractivity contribution in [3.05, 3.63) is 35.4 Å². The lowest BCUT2D eigenvalue weighted by Gasteiger charge is -2.30. The molecule has 0 aromatic heterocycles. The number of carbonyl (C=O) groups is 1. The van der Waals surface area contributed by atoms with Gasteiger partial charge in [-0.25, -0.2) is 0 Å². The number of fused-ring (bicyclic) bond motifs is 1. The molecule has 1 aromatic carbocycles. The summed E-state index contributed by atoms with van der Waals surface area (Å²) in [5, 5.41) is 9.64. The van der Waals surface area contributed by atoms with Crippen LogP contribution in [-0.2, 0) is 17.6 Å². The van der Waals surface area contributed by atoms with Crippen molar-refractivity contribution < 1.29 is 9.90 Å². The highest BCUT2D eigenvalue weighted by molar-refractivity contribution is 5.76. The van der Waals surface area contributed by atoms with E-state index in [1.54, 1.807) is 0 Å². The Kier molecular flexibility index (Phi) is 3.56. The van der Waals surface area contributed by atoms with Crippen LogP contribution in [-0.4, -0.2) is 35.1 Å². The Morgan fingerprint density at radius 1 is 1.26 bits per heavy atom. The molecule has 3 rings (SSSR count). The number of β-amino-alcohol motifs (C(OH)–C–C–N with tert-alkyl or cyclic N) is 1. The summed E-state index contributed by atoms with van der Waals surface area (Å²) in [7, 11) is 0. The Bertz CT molecular complexity index is 447. The van der Waals surface area contributed by atoms with Crippen molar-refractivity contribution in [3.8, 4) is 0 Å². The fourth-order valence-corrected chi connectivity index (χ4v) is 3.35. The van der Waals surface area contributed by atoms with Crippen molar-refractivity contribution in [3.63, 3.8) is 0 Å². The fourth-order valence-electron chi connectivity index (χ4n) is 3.35. The minimum atomic E-state index is -0.321. The van der Waals surface area contributed by atoms with Crippen LogP contribution in [0.3, 0.4) is 0 Å². The standard InChI is InChI=1S/C16H21NO2/c18-15-6-3-7-17(11-15)16(19)10-12-8-13-4-1-2-5-14(13)9-12/h1-2,4-5,12,15,18H,3,6-11H2/t15-/m1/s1. The first-order valence-corrected chi connectivity index (χ1v) is 7.25. The normalized spacial score (nSPS) is 23.4. The molecule has 0 bridgehead atoms. The zero-order valence-corrected chi connectivity index (χ0v) is 11.2. The van der Waals surface area contributed by atoms with Gasteiger partial charge in [-0.05, 0) is 42.7 Å². The smallest absolute Gasteiger partial charge is 0.222 e. The van der Waals surface area contributed by atoms with Crippen molar-refractivity contribution in [2.45, 2.75) is 38.2 Å². The zero-order valence-electron chi connectivity index (χ0n) is 11.2. The highest BCUT2D eigenvalue weighted by atomic mass is 16.3. The van der Waals surface area contributed by atoms with Gasteiger partial charge in [0.1, 0.15) is 0 Å². The lowest BCUT2D eigenvalue weighted by molar-refractivity contribution is -0.135. The maximum atomic E-state index is 12.3. The van der Waals surface area contributed by atoms with Crippen molar-refractivity contribution in [2.24, 2.45) is 5.92 Å². The molecular formula is C16H21NO2. The largest absolute Gasteiger partial charge is 0.391 e. The Morgan fingerprint density at radius 3 is 2.58 bits per heavy atom. The summed E-state index contributed by atoms with van der Waals surface area (Å²) in [5.74, 6) is 0.667. The third kappa shape index (κ3) is 2.81. The molecule has 1 atom stereocenters. The Hall–Kier alpha value is -1.35. The van der Waals surface area contributed by atoms with Crippen molar-refractivity contribution in [1.82, 2.24) is 4.90 Å². The summed E-state index contributed by atoms with van der Waals surface area (Å²) in [6.45, 7) is 1.34. The first-order valence-electron chi connectivity index (χ1n) is 7.25. The zero-order chi connectivity index (χ0) is 13.2. The van der Waals surface area contributed by atoms with Crippen LogP contribution in [0.1, 0.15) is 30.4 Å². The van der Waals surface area contributed by atoms with Gasteiger partial charge in [-0.3, -0.25) is 4.79 Å². The molecule has 1 saturated heterocycles. The van der Waals surface area contributed by atoms with Crippen LogP contribution in [0.5, 0.6) is 0 Å². The van der Waals surface area contributed by atoms with Gasteiger partial charge in [0.2, 0.25) is 5.91 Å². The summed E-state index contributed by atoms with van der Waals surface area (Å²) < 4.78 is 0. The van der Waals surface area contributed by atoms with Gasteiger partial charge in [0.05, 0.1) is 6.10 Å². The SMILES string of the molecule is O=C(CC1Cc2ccccc2C1)N1CCC[C@@H](O)C1. The monoisotopic (exact) mass is 259 g/mol. The molecule has 1 aliphatic heterocycles. The third-order valence-electron chi connectivity index (χ3n) is 4.35. The quantitative estimate of drug-likeness (QED) is 0.879. The van der Waals surface area contributed by atoms with Crippen molar-refractivity contribution in [2.75, 3.05) is 13.1 Å². The molecule has 0 unspecified atom stereocenters. The van der Waals surface area contributed by atoms with E-state index >= 15 is 0 Å². The second-order valence-electron chi connectivity index (χ2n) is 5.88. The Balaban J connectivity index is 1.57. The van der Waals surface area contributed by atoms with Crippen LogP contribution >= 0.6 is 0 Å². The average molecular weight is 259 g/mol. The molecule has 1 heterocycles. The predicted molar refractivity (Wildman–Crippen MR) is 73.8 cm³/mol. The van der Waals surface area contributed by atoms with E-state index in [1.807, 2.05) is 4.90 Å². The van der Waals surface area contributed by atoms with Gasteiger partial charge >= 0.3 is 0 Å². The summed E-state index contributed by atoms with van der Waals surface area (Å²) >= 11 is 0. The van der Waals surface area contributed by atoms with Gasteiger partial charge < -0.3 is 10.0 Å². The molecule has 1 N–H and O–H groups in total. The van der Waals surface area contributed by atoms with E-state index in [9.17, 15) is 9.90 Å². The fraction of sp³-hybridized carbons (Fsp3) is 0.562. The molecule has 3 nitrogen and oxygen atoms in total. The van der Waals surface area contributed by atoms with Crippen LogP contribution in [0, 0.1) is 5.92 Å². The number of aliphatic hydroxyl groups is 1. The van der Waals surface area contributed by atoms with Gasteiger partial charge in [-0.2, -0.15) is 0 Å². The second-order valence-corrected chi connectivity index (χ2v) is 5.88. The number of aliphatic hydroxyl groups excluding tert-OH is 1. The first kappa shape index (κ1) is 12.7. The molecule has 102 valence electrons. The summed E-state index contributed by atoms with van der Waals surface area (Å²) in [5.41, 5.74) is 2.80. The third-order valence-corrected chi connectivity index (χ3v) is 4.35. The molecule has 3 heteroatoms. The molecule has 1 aromatic rings.